The van der Waals surface area contributed by atoms with Gasteiger partial charge in [0.1, 0.15) is 0 Å². The summed E-state index contributed by atoms with van der Waals surface area (Å²) >= 11 is 1.06. The Morgan fingerprint density at radius 1 is 1.61 bits per heavy atom. The third-order valence-corrected chi connectivity index (χ3v) is 3.95. The molecular formula is C12H11N3O2S. The van der Waals surface area contributed by atoms with Gasteiger partial charge >= 0.3 is 0 Å². The lowest BCUT2D eigenvalue weighted by Gasteiger charge is -2.12. The van der Waals surface area contributed by atoms with Crippen molar-refractivity contribution in [2.45, 2.75) is 6.23 Å². The number of aliphatic hydroxyl groups is 1. The van der Waals surface area contributed by atoms with E-state index in [9.17, 15) is 9.90 Å². The number of H-pyrrole nitrogens is 1. The SMILES string of the molecule is CN1C(=O)S/C(=C\c2c[nH]c3cnccc23)C1O. The highest BCUT2D eigenvalue weighted by Crippen LogP contribution is 2.35. The number of likely N-dealkylation sites (N-methyl/N-ethyl adjacent to an activating group) is 1. The lowest BCUT2D eigenvalue weighted by molar-refractivity contribution is 0.0990. The van der Waals surface area contributed by atoms with Crippen LogP contribution in [0.4, 0.5) is 4.79 Å². The van der Waals surface area contributed by atoms with E-state index in [0.29, 0.717) is 4.91 Å². The Morgan fingerprint density at radius 2 is 2.44 bits per heavy atom. The number of thioether (sulfide) groups is 1. The highest BCUT2D eigenvalue weighted by atomic mass is 32.2. The van der Waals surface area contributed by atoms with Crippen LogP contribution >= 0.6 is 11.8 Å². The molecular weight excluding hydrogens is 250 g/mol. The molecule has 2 N–H and O–H groups in total. The number of amides is 1. The minimum atomic E-state index is -0.853. The molecule has 3 rings (SSSR count). The fraction of sp³-hybridized carbons (Fsp3) is 0.167. The van der Waals surface area contributed by atoms with E-state index < -0.39 is 6.23 Å². The lowest BCUT2D eigenvalue weighted by Crippen LogP contribution is -2.27. The van der Waals surface area contributed by atoms with E-state index in [1.54, 1.807) is 19.4 Å². The molecule has 0 saturated carbocycles. The number of hydrogen-bond donors (Lipinski definition) is 2. The molecule has 1 fully saturated rings. The molecule has 0 radical (unpaired) electrons. The molecule has 1 amide bonds. The average Bonchev–Trinajstić information content (AvgIpc) is 2.89. The third-order valence-electron chi connectivity index (χ3n) is 2.93. The number of nitrogens with zero attached hydrogens (tertiary/aromatic N) is 2. The predicted molar refractivity (Wildman–Crippen MR) is 70.8 cm³/mol. The van der Waals surface area contributed by atoms with Gasteiger partial charge in [0.2, 0.25) is 0 Å². The minimum absolute atomic E-state index is 0.143. The average molecular weight is 261 g/mol. The van der Waals surface area contributed by atoms with Crippen molar-refractivity contribution in [2.24, 2.45) is 0 Å². The fourth-order valence-electron chi connectivity index (χ4n) is 1.89. The summed E-state index contributed by atoms with van der Waals surface area (Å²) in [6, 6.07) is 1.90. The van der Waals surface area contributed by atoms with E-state index in [1.807, 2.05) is 18.3 Å². The standard InChI is InChI=1S/C12H11N3O2S/c1-15-11(16)10(18-12(15)17)4-7-5-14-9-6-13-3-2-8(7)9/h2-6,11,14,16H,1H3/b10-4-. The quantitative estimate of drug-likeness (QED) is 0.824. The maximum atomic E-state index is 11.5. The number of aromatic amines is 1. The fourth-order valence-corrected chi connectivity index (χ4v) is 2.78. The van der Waals surface area contributed by atoms with Crippen LogP contribution in [0.2, 0.25) is 0 Å². The Labute approximate surface area is 108 Å². The Balaban J connectivity index is 2.04. The molecule has 0 bridgehead atoms. The highest BCUT2D eigenvalue weighted by Gasteiger charge is 2.31. The zero-order valence-electron chi connectivity index (χ0n) is 9.62. The lowest BCUT2D eigenvalue weighted by atomic mass is 10.2. The molecule has 1 saturated heterocycles. The second kappa shape index (κ2) is 4.15. The van der Waals surface area contributed by atoms with Gasteiger partial charge in [-0.3, -0.25) is 9.78 Å². The number of aromatic nitrogens is 2. The largest absolute Gasteiger partial charge is 0.369 e. The van der Waals surface area contributed by atoms with E-state index in [2.05, 4.69) is 9.97 Å². The summed E-state index contributed by atoms with van der Waals surface area (Å²) in [5.41, 5.74) is 1.87. The first kappa shape index (κ1) is 11.3. The zero-order valence-corrected chi connectivity index (χ0v) is 10.4. The van der Waals surface area contributed by atoms with Crippen LogP contribution in [0.5, 0.6) is 0 Å². The summed E-state index contributed by atoms with van der Waals surface area (Å²) < 4.78 is 0. The number of hydrogen-bond acceptors (Lipinski definition) is 4. The normalized spacial score (nSPS) is 22.3. The van der Waals surface area contributed by atoms with Crippen LogP contribution < -0.4 is 0 Å². The van der Waals surface area contributed by atoms with Gasteiger partial charge in [0.15, 0.2) is 6.23 Å². The van der Waals surface area contributed by atoms with Gasteiger partial charge in [-0.25, -0.2) is 0 Å². The van der Waals surface area contributed by atoms with Gasteiger partial charge in [-0.2, -0.15) is 0 Å². The van der Waals surface area contributed by atoms with Gasteiger partial charge in [-0.15, -0.1) is 0 Å². The number of aliphatic hydroxyl groups excluding tert-OH is 1. The number of pyridine rings is 1. The van der Waals surface area contributed by atoms with E-state index >= 15 is 0 Å². The van der Waals surface area contributed by atoms with Crippen molar-refractivity contribution < 1.29 is 9.90 Å². The highest BCUT2D eigenvalue weighted by molar-refractivity contribution is 8.17. The molecule has 1 unspecified atom stereocenters. The zero-order chi connectivity index (χ0) is 12.7. The van der Waals surface area contributed by atoms with Crippen molar-refractivity contribution in [1.29, 1.82) is 0 Å². The topological polar surface area (TPSA) is 69.2 Å². The Morgan fingerprint density at radius 3 is 3.17 bits per heavy atom. The molecule has 5 nitrogen and oxygen atoms in total. The van der Waals surface area contributed by atoms with Crippen molar-refractivity contribution in [3.63, 3.8) is 0 Å². The van der Waals surface area contributed by atoms with Gasteiger partial charge in [0.25, 0.3) is 5.24 Å². The number of nitrogens with one attached hydrogen (secondary N) is 1. The van der Waals surface area contributed by atoms with Crippen molar-refractivity contribution >= 4 is 34.0 Å². The van der Waals surface area contributed by atoms with Crippen molar-refractivity contribution in [1.82, 2.24) is 14.9 Å². The van der Waals surface area contributed by atoms with Gasteiger partial charge in [0.05, 0.1) is 11.7 Å². The second-order valence-corrected chi connectivity index (χ2v) is 5.09. The molecule has 0 aromatic carbocycles. The van der Waals surface area contributed by atoms with Gasteiger partial charge < -0.3 is 15.0 Å². The third kappa shape index (κ3) is 1.70. The Hall–Kier alpha value is -1.79. The summed E-state index contributed by atoms with van der Waals surface area (Å²) in [7, 11) is 1.58. The first-order valence-electron chi connectivity index (χ1n) is 5.42. The molecule has 18 heavy (non-hydrogen) atoms. The first-order chi connectivity index (χ1) is 8.66. The Bertz CT molecular complexity index is 650. The van der Waals surface area contributed by atoms with E-state index in [4.69, 9.17) is 0 Å². The minimum Gasteiger partial charge on any atom is -0.369 e. The molecule has 3 heterocycles. The molecule has 2 aromatic heterocycles. The Kier molecular flexibility index (Phi) is 2.61. The summed E-state index contributed by atoms with van der Waals surface area (Å²) in [6.45, 7) is 0. The molecule has 2 aromatic rings. The molecule has 1 atom stereocenters. The summed E-state index contributed by atoms with van der Waals surface area (Å²) in [4.78, 5) is 20.5. The maximum Gasteiger partial charge on any atom is 0.288 e. The van der Waals surface area contributed by atoms with Crippen LogP contribution in [-0.4, -0.2) is 38.5 Å². The van der Waals surface area contributed by atoms with Gasteiger partial charge in [-0.1, -0.05) is 0 Å². The van der Waals surface area contributed by atoms with Crippen LogP contribution in [0.1, 0.15) is 5.56 Å². The number of carbonyl (C=O) groups is 1. The number of carbonyl (C=O) groups excluding carboxylic acids is 1. The van der Waals surface area contributed by atoms with Crippen molar-refractivity contribution in [3.05, 3.63) is 35.1 Å². The molecule has 92 valence electrons. The van der Waals surface area contributed by atoms with Crippen molar-refractivity contribution in [2.75, 3.05) is 7.05 Å². The smallest absolute Gasteiger partial charge is 0.288 e. The second-order valence-electron chi connectivity index (χ2n) is 4.06. The van der Waals surface area contributed by atoms with Crippen LogP contribution in [0, 0.1) is 0 Å². The van der Waals surface area contributed by atoms with Crippen LogP contribution in [0.25, 0.3) is 17.0 Å². The number of rotatable bonds is 1. The van der Waals surface area contributed by atoms with Crippen LogP contribution in [0.15, 0.2) is 29.6 Å². The summed E-state index contributed by atoms with van der Waals surface area (Å²) in [5.74, 6) is 0. The van der Waals surface area contributed by atoms with Gasteiger partial charge in [0, 0.05) is 35.3 Å². The van der Waals surface area contributed by atoms with Gasteiger partial charge in [-0.05, 0) is 23.9 Å². The monoisotopic (exact) mass is 261 g/mol. The van der Waals surface area contributed by atoms with Crippen LogP contribution in [-0.2, 0) is 0 Å². The molecule has 0 aliphatic carbocycles. The van der Waals surface area contributed by atoms with Crippen molar-refractivity contribution in [3.8, 4) is 0 Å². The first-order valence-corrected chi connectivity index (χ1v) is 6.24. The number of fused-ring (bicyclic) bond motifs is 1. The molecule has 1 aliphatic heterocycles. The molecule has 0 spiro atoms. The summed E-state index contributed by atoms with van der Waals surface area (Å²) in [6.07, 6.45) is 6.28. The molecule has 1 aliphatic rings. The molecule has 6 heteroatoms. The summed E-state index contributed by atoms with van der Waals surface area (Å²) in [5, 5.41) is 10.8. The van der Waals surface area contributed by atoms with E-state index in [-0.39, 0.29) is 5.24 Å². The predicted octanol–water partition coefficient (Wildman–Crippen LogP) is 2.02. The maximum absolute atomic E-state index is 11.5. The van der Waals surface area contributed by atoms with E-state index in [0.717, 1.165) is 28.2 Å². The van der Waals surface area contributed by atoms with E-state index in [1.165, 1.54) is 4.90 Å². The van der Waals surface area contributed by atoms with Crippen LogP contribution in [0.3, 0.4) is 0 Å².